The first-order chi connectivity index (χ1) is 10.0. The van der Waals surface area contributed by atoms with Gasteiger partial charge < -0.3 is 5.73 Å². The molecular formula is C15H25ClN4OS. The number of hydrogen-bond donors (Lipinski definition) is 1. The summed E-state index contributed by atoms with van der Waals surface area (Å²) in [5.41, 5.74) is 7.18. The molecule has 7 heteroatoms. The Bertz CT molecular complexity index is 533. The number of aromatic nitrogens is 1. The van der Waals surface area contributed by atoms with Gasteiger partial charge in [0.1, 0.15) is 0 Å². The van der Waals surface area contributed by atoms with Crippen LogP contribution in [0.2, 0.25) is 0 Å². The number of halogens is 1. The van der Waals surface area contributed by atoms with Crippen LogP contribution in [0.4, 0.5) is 5.13 Å². The molecule has 1 saturated carbocycles. The molecule has 2 fully saturated rings. The molecule has 1 aliphatic heterocycles. The van der Waals surface area contributed by atoms with Gasteiger partial charge in [0.05, 0.1) is 5.69 Å². The molecular weight excluding hydrogens is 320 g/mol. The monoisotopic (exact) mass is 344 g/mol. The molecule has 3 rings (SSSR count). The highest BCUT2D eigenvalue weighted by molar-refractivity contribution is 7.14. The summed E-state index contributed by atoms with van der Waals surface area (Å²) in [4.78, 5) is 20.7. The number of likely N-dealkylation sites (tertiary alicyclic amines) is 1. The van der Waals surface area contributed by atoms with Crippen molar-refractivity contribution in [1.82, 2.24) is 9.88 Å². The van der Waals surface area contributed by atoms with E-state index >= 15 is 0 Å². The van der Waals surface area contributed by atoms with E-state index < -0.39 is 0 Å². The van der Waals surface area contributed by atoms with Crippen LogP contribution in [0, 0.1) is 5.41 Å². The molecule has 1 amide bonds. The molecule has 1 unspecified atom stereocenters. The highest BCUT2D eigenvalue weighted by atomic mass is 35.5. The van der Waals surface area contributed by atoms with Gasteiger partial charge in [0.15, 0.2) is 5.13 Å². The van der Waals surface area contributed by atoms with Gasteiger partial charge in [-0.1, -0.05) is 6.92 Å². The third-order valence-corrected chi connectivity index (χ3v) is 5.40. The molecule has 0 spiro atoms. The summed E-state index contributed by atoms with van der Waals surface area (Å²) in [5.74, 6) is 0.107. The average molecular weight is 345 g/mol. The zero-order valence-corrected chi connectivity index (χ0v) is 14.9. The molecule has 0 bridgehead atoms. The number of nitrogens with two attached hydrogens (primary N) is 1. The Morgan fingerprint density at radius 1 is 1.59 bits per heavy atom. The summed E-state index contributed by atoms with van der Waals surface area (Å²) in [7, 11) is 0. The highest BCUT2D eigenvalue weighted by Gasteiger charge is 2.35. The van der Waals surface area contributed by atoms with Crippen molar-refractivity contribution < 1.29 is 4.79 Å². The minimum atomic E-state index is 0. The number of thiazole rings is 1. The quantitative estimate of drug-likeness (QED) is 0.889. The summed E-state index contributed by atoms with van der Waals surface area (Å²) in [5, 5.41) is 2.95. The number of carbonyl (C=O) groups is 1. The van der Waals surface area contributed by atoms with Crippen LogP contribution in [0.5, 0.6) is 0 Å². The average Bonchev–Trinajstić information content (AvgIpc) is 3.04. The van der Waals surface area contributed by atoms with Gasteiger partial charge >= 0.3 is 0 Å². The molecule has 1 aromatic heterocycles. The Kier molecular flexibility index (Phi) is 5.48. The van der Waals surface area contributed by atoms with Gasteiger partial charge in [0.25, 0.3) is 0 Å². The first-order valence-electron chi connectivity index (χ1n) is 7.67. The molecule has 1 saturated heterocycles. The zero-order valence-electron chi connectivity index (χ0n) is 13.2. The lowest BCUT2D eigenvalue weighted by Gasteiger charge is -2.22. The molecule has 2 heterocycles. The second kappa shape index (κ2) is 6.83. The molecule has 1 aromatic rings. The fourth-order valence-electron chi connectivity index (χ4n) is 3.02. The van der Waals surface area contributed by atoms with Crippen molar-refractivity contribution in [3.63, 3.8) is 0 Å². The summed E-state index contributed by atoms with van der Waals surface area (Å²) in [6.07, 6.45) is 3.37. The number of nitrogens with zero attached hydrogens (tertiary/aromatic N) is 3. The second-order valence-corrected chi connectivity index (χ2v) is 7.55. The molecule has 0 radical (unpaired) electrons. The van der Waals surface area contributed by atoms with E-state index in [0.717, 1.165) is 56.3 Å². The predicted molar refractivity (Wildman–Crippen MR) is 92.6 cm³/mol. The van der Waals surface area contributed by atoms with Gasteiger partial charge in [-0.25, -0.2) is 4.98 Å². The zero-order chi connectivity index (χ0) is 15.0. The standard InChI is InChI=1S/C15H24N4OS.ClH/c1-11(20)19(13-3-4-13)14-17-12(8-21-14)7-18-6-5-15(2,9-16)10-18;/h8,13H,3-7,9-10,16H2,1-2H3;1H. The fourth-order valence-corrected chi connectivity index (χ4v) is 3.95. The summed E-state index contributed by atoms with van der Waals surface area (Å²) < 4.78 is 0. The molecule has 2 N–H and O–H groups in total. The first-order valence-corrected chi connectivity index (χ1v) is 8.55. The maximum Gasteiger partial charge on any atom is 0.225 e. The normalized spacial score (nSPS) is 25.0. The van der Waals surface area contributed by atoms with Crippen LogP contribution in [0.1, 0.15) is 38.8 Å². The number of anilines is 1. The molecule has 5 nitrogen and oxygen atoms in total. The Morgan fingerprint density at radius 3 is 2.86 bits per heavy atom. The van der Waals surface area contributed by atoms with Crippen LogP contribution in [0.15, 0.2) is 5.38 Å². The maximum atomic E-state index is 11.8. The third kappa shape index (κ3) is 3.79. The summed E-state index contributed by atoms with van der Waals surface area (Å²) in [6.45, 7) is 7.61. The first kappa shape index (κ1) is 17.7. The van der Waals surface area contributed by atoms with Crippen molar-refractivity contribution in [2.24, 2.45) is 11.1 Å². The van der Waals surface area contributed by atoms with E-state index in [0.29, 0.717) is 6.04 Å². The summed E-state index contributed by atoms with van der Waals surface area (Å²) in [6, 6.07) is 0.383. The molecule has 22 heavy (non-hydrogen) atoms. The molecule has 1 aliphatic carbocycles. The van der Waals surface area contributed by atoms with E-state index in [2.05, 4.69) is 22.2 Å². The molecule has 1 atom stereocenters. The topological polar surface area (TPSA) is 62.5 Å². The van der Waals surface area contributed by atoms with Crippen LogP contribution in [0.25, 0.3) is 0 Å². The lowest BCUT2D eigenvalue weighted by Crippen LogP contribution is -2.31. The Hall–Kier alpha value is -0.690. The van der Waals surface area contributed by atoms with Gasteiger partial charge in [0, 0.05) is 31.4 Å². The van der Waals surface area contributed by atoms with Crippen molar-refractivity contribution in [3.8, 4) is 0 Å². The molecule has 2 aliphatic rings. The van der Waals surface area contributed by atoms with Crippen LogP contribution in [0.3, 0.4) is 0 Å². The van der Waals surface area contributed by atoms with Crippen LogP contribution in [-0.4, -0.2) is 41.5 Å². The van der Waals surface area contributed by atoms with E-state index in [-0.39, 0.29) is 23.7 Å². The minimum Gasteiger partial charge on any atom is -0.330 e. The van der Waals surface area contributed by atoms with Gasteiger partial charge in [-0.3, -0.25) is 14.6 Å². The molecule has 124 valence electrons. The second-order valence-electron chi connectivity index (χ2n) is 6.72. The minimum absolute atomic E-state index is 0. The van der Waals surface area contributed by atoms with Crippen molar-refractivity contribution in [2.75, 3.05) is 24.5 Å². The van der Waals surface area contributed by atoms with Gasteiger partial charge in [-0.2, -0.15) is 0 Å². The SMILES string of the molecule is CC(=O)N(c1nc(CN2CCC(C)(CN)C2)cs1)C1CC1.Cl. The molecule has 0 aromatic carbocycles. The maximum absolute atomic E-state index is 11.8. The van der Waals surface area contributed by atoms with Crippen molar-refractivity contribution in [3.05, 3.63) is 11.1 Å². The Morgan fingerprint density at radius 2 is 2.32 bits per heavy atom. The largest absolute Gasteiger partial charge is 0.330 e. The number of amides is 1. The van der Waals surface area contributed by atoms with Crippen LogP contribution < -0.4 is 10.6 Å². The van der Waals surface area contributed by atoms with E-state index in [9.17, 15) is 4.79 Å². The fraction of sp³-hybridized carbons (Fsp3) is 0.733. The van der Waals surface area contributed by atoms with Crippen LogP contribution in [-0.2, 0) is 11.3 Å². The summed E-state index contributed by atoms with van der Waals surface area (Å²) >= 11 is 1.59. The van der Waals surface area contributed by atoms with Gasteiger partial charge in [-0.05, 0) is 37.8 Å². The van der Waals surface area contributed by atoms with Crippen molar-refractivity contribution in [2.45, 2.75) is 45.7 Å². The number of hydrogen-bond acceptors (Lipinski definition) is 5. The Labute approximate surface area is 142 Å². The number of carbonyl (C=O) groups excluding carboxylic acids is 1. The van der Waals surface area contributed by atoms with Crippen LogP contribution >= 0.6 is 23.7 Å². The van der Waals surface area contributed by atoms with E-state index in [1.165, 1.54) is 0 Å². The van der Waals surface area contributed by atoms with Crippen molar-refractivity contribution in [1.29, 1.82) is 0 Å². The third-order valence-electron chi connectivity index (χ3n) is 4.51. The van der Waals surface area contributed by atoms with Gasteiger partial charge in [-0.15, -0.1) is 23.7 Å². The van der Waals surface area contributed by atoms with E-state index in [1.807, 2.05) is 4.90 Å². The van der Waals surface area contributed by atoms with Crippen molar-refractivity contribution >= 4 is 34.8 Å². The lowest BCUT2D eigenvalue weighted by molar-refractivity contribution is -0.116. The van der Waals surface area contributed by atoms with E-state index in [4.69, 9.17) is 5.73 Å². The van der Waals surface area contributed by atoms with Gasteiger partial charge in [0.2, 0.25) is 5.91 Å². The smallest absolute Gasteiger partial charge is 0.225 e. The number of rotatable bonds is 5. The predicted octanol–water partition coefficient (Wildman–Crippen LogP) is 2.25. The highest BCUT2D eigenvalue weighted by Crippen LogP contribution is 2.34. The Balaban J connectivity index is 0.00000176. The lowest BCUT2D eigenvalue weighted by atomic mass is 9.90. The van der Waals surface area contributed by atoms with E-state index in [1.54, 1.807) is 18.3 Å².